The Morgan fingerprint density at radius 2 is 0.806 bits per heavy atom. The molecule has 2 aliphatic rings. The molecule has 0 radical (unpaired) electrons. The van der Waals surface area contributed by atoms with Crippen LogP contribution in [-0.4, -0.2) is 5.92 Å². The average molecular weight is 1020 g/mol. The number of alkyl halides is 12. The first-order valence-corrected chi connectivity index (χ1v) is 36.6. The van der Waals surface area contributed by atoms with Crippen LogP contribution in [0.15, 0.2) is 71.8 Å². The van der Waals surface area contributed by atoms with Gasteiger partial charge in [-0.15, -0.1) is 0 Å². The zero-order chi connectivity index (χ0) is 46.5. The fourth-order valence-corrected chi connectivity index (χ4v) is 41.1. The maximum atomic E-state index is 14.3. The molecule has 4 aromatic carbocycles. The van der Waals surface area contributed by atoms with Crippen molar-refractivity contribution in [3.63, 3.8) is 0 Å². The van der Waals surface area contributed by atoms with Gasteiger partial charge in [0.05, 0.1) is 0 Å². The summed E-state index contributed by atoms with van der Waals surface area (Å²) in [5, 5.41) is 0. The molecule has 2 unspecified atom stereocenters. The normalized spacial score (nSPS) is 18.0. The van der Waals surface area contributed by atoms with Gasteiger partial charge in [-0.2, -0.15) is 0 Å². The maximum absolute atomic E-state index is 14.3. The summed E-state index contributed by atoms with van der Waals surface area (Å²) in [5.41, 5.74) is -1.50. The number of hydrogen-bond acceptors (Lipinski definition) is 0. The van der Waals surface area contributed by atoms with Crippen molar-refractivity contribution in [3.05, 3.63) is 127 Å². The van der Waals surface area contributed by atoms with Gasteiger partial charge in [0, 0.05) is 0 Å². The Bertz CT molecular complexity index is 2260. The van der Waals surface area contributed by atoms with Crippen molar-refractivity contribution in [3.8, 4) is 22.3 Å². The Kier molecular flexibility index (Phi) is 12.8. The quantitative estimate of drug-likeness (QED) is 0.116. The molecule has 0 saturated heterocycles. The van der Waals surface area contributed by atoms with Crippen LogP contribution in [0.3, 0.4) is 0 Å². The first-order chi connectivity index (χ1) is 28.4. The molecule has 0 bridgehead atoms. The van der Waals surface area contributed by atoms with Crippen molar-refractivity contribution in [2.24, 2.45) is 11.8 Å². The van der Waals surface area contributed by atoms with Crippen LogP contribution in [0.5, 0.6) is 0 Å². The molecule has 0 aliphatic heterocycles. The van der Waals surface area contributed by atoms with Gasteiger partial charge in [0.15, 0.2) is 0 Å². The van der Waals surface area contributed by atoms with Crippen molar-refractivity contribution in [1.82, 2.24) is 0 Å². The Balaban J connectivity index is 1.70. The second kappa shape index (κ2) is 16.3. The fraction of sp³-hybridized carbons (Fsp3) is 0.391. The van der Waals surface area contributed by atoms with Gasteiger partial charge in [-0.3, -0.25) is 0 Å². The minimum absolute atomic E-state index is 0.0909. The number of fused-ring (bicyclic) bond motifs is 2. The summed E-state index contributed by atoms with van der Waals surface area (Å²) in [5.74, 6) is -2.92. The predicted octanol–water partition coefficient (Wildman–Crippen LogP) is 17.1. The van der Waals surface area contributed by atoms with E-state index in [2.05, 4.69) is 0 Å². The molecule has 0 amide bonds. The Labute approximate surface area is 362 Å². The van der Waals surface area contributed by atoms with Gasteiger partial charge >= 0.3 is 364 Å². The minimum atomic E-state index is -5.84. The molecule has 2 aliphatic carbocycles. The van der Waals surface area contributed by atoms with Crippen molar-refractivity contribution >= 4 is 35.1 Å². The second-order valence-electron chi connectivity index (χ2n) is 17.3. The van der Waals surface area contributed by atoms with Crippen LogP contribution >= 0.6 is 17.0 Å². The van der Waals surface area contributed by atoms with E-state index >= 15 is 0 Å². The fourth-order valence-electron chi connectivity index (χ4n) is 9.57. The van der Waals surface area contributed by atoms with Crippen LogP contribution in [0.1, 0.15) is 104 Å². The van der Waals surface area contributed by atoms with Crippen LogP contribution < -0.4 is 0 Å². The number of halogens is 14. The molecular weight excluding hydrogens is 971 g/mol. The van der Waals surface area contributed by atoms with Gasteiger partial charge in [-0.25, -0.2) is 0 Å². The van der Waals surface area contributed by atoms with E-state index in [9.17, 15) is 52.7 Å². The van der Waals surface area contributed by atoms with Crippen molar-refractivity contribution in [1.29, 1.82) is 0 Å². The Morgan fingerprint density at radius 1 is 0.516 bits per heavy atom. The Morgan fingerprint density at radius 3 is 1.03 bits per heavy atom. The van der Waals surface area contributed by atoms with E-state index in [4.69, 9.17) is 17.0 Å². The summed E-state index contributed by atoms with van der Waals surface area (Å²) in [6.45, 7) is 15.1. The van der Waals surface area contributed by atoms with Gasteiger partial charge in [0.2, 0.25) is 0 Å². The van der Waals surface area contributed by atoms with Gasteiger partial charge in [-0.1, -0.05) is 0 Å². The van der Waals surface area contributed by atoms with Gasteiger partial charge in [0.1, 0.15) is 0 Å². The topological polar surface area (TPSA) is 0 Å². The molecule has 0 aromatic heterocycles. The Hall–Kier alpha value is -2.80. The van der Waals surface area contributed by atoms with E-state index in [1.54, 1.807) is 26.0 Å². The number of aryl methyl sites for hydroxylation is 2. The van der Waals surface area contributed by atoms with E-state index in [0.717, 1.165) is 35.4 Å². The van der Waals surface area contributed by atoms with Gasteiger partial charge in [-0.05, 0) is 0 Å². The van der Waals surface area contributed by atoms with Gasteiger partial charge in [0.25, 0.3) is 0 Å². The summed E-state index contributed by atoms with van der Waals surface area (Å²) in [6, 6.07) is 10.1. The first kappa shape index (κ1) is 48.7. The molecule has 16 heteroatoms. The molecule has 0 nitrogen and oxygen atoms in total. The third-order valence-electron chi connectivity index (χ3n) is 12.7. The summed E-state index contributed by atoms with van der Waals surface area (Å²) in [6.07, 6.45) is -16.2. The molecule has 0 heterocycles. The van der Waals surface area contributed by atoms with Crippen LogP contribution in [0.2, 0.25) is 13.1 Å². The van der Waals surface area contributed by atoms with Crippen LogP contribution in [0, 0.1) is 11.8 Å². The molecule has 0 N–H and O–H groups in total. The molecule has 0 fully saturated rings. The zero-order valence-corrected chi connectivity index (χ0v) is 40.1. The first-order valence-electron chi connectivity index (χ1n) is 20.3. The van der Waals surface area contributed by atoms with Gasteiger partial charge < -0.3 is 0 Å². The summed E-state index contributed by atoms with van der Waals surface area (Å²) in [7, 11) is 17.0. The van der Waals surface area contributed by atoms with E-state index in [1.165, 1.54) is 0 Å². The third kappa shape index (κ3) is 8.34. The number of rotatable bonds is 9. The molecule has 335 valence electrons. The van der Waals surface area contributed by atoms with Crippen molar-refractivity contribution in [2.75, 3.05) is 0 Å². The van der Waals surface area contributed by atoms with Crippen molar-refractivity contribution < 1.29 is 68.2 Å². The van der Waals surface area contributed by atoms with E-state index in [-0.39, 0.29) is 59.1 Å². The molecule has 62 heavy (non-hydrogen) atoms. The summed E-state index contributed by atoms with van der Waals surface area (Å²) < 4.78 is 170. The number of hydrogen-bond donors (Lipinski definition) is 0. The standard InChI is InChI=1S/2C22H19F6.C2H7Si.2ClH.Zr/c2*1-4-13-5-6-14-7-15(12(2)3)10-19(14)20(13)16-8-17(21(23,24)25)11-18(9-16)22(26,27)28;1-3-2;;;/h2*5-12H,4H2,1-3H3;3H,1-2H3;2*1H;/q;;;;;+2/p-2. The predicted molar refractivity (Wildman–Crippen MR) is 224 cm³/mol. The van der Waals surface area contributed by atoms with E-state index < -0.39 is 75.7 Å². The number of allylic oxidation sites excluding steroid dienone is 2. The van der Waals surface area contributed by atoms with Crippen LogP contribution in [-0.2, 0) is 53.1 Å². The summed E-state index contributed by atoms with van der Waals surface area (Å²) >= 11 is -5.84. The monoisotopic (exact) mass is 1010 g/mol. The van der Waals surface area contributed by atoms with Crippen LogP contribution in [0.25, 0.3) is 34.4 Å². The van der Waals surface area contributed by atoms with E-state index in [1.807, 2.05) is 65.1 Å². The SMILES string of the molecule is CCc1ccc2c(c1-c1cc(C(F)(F)F)cc(C(F)(F)F)c1)C=C(C(C)C)[CH]2[Zr]([Cl])([Cl])([CH]1C(C(C)C)=Cc2c1ccc(CC)c2-c1cc(C(F)(F)F)cc(C(F)(F)F)c1)[SiH](C)C. The van der Waals surface area contributed by atoms with Crippen molar-refractivity contribution in [2.45, 2.75) is 99.4 Å². The van der Waals surface area contributed by atoms with E-state index in [0.29, 0.717) is 33.4 Å². The molecular formula is C46H45Cl2F12SiZr. The second-order valence-corrected chi connectivity index (χ2v) is 59.9. The molecule has 4 aromatic rings. The molecule has 2 atom stereocenters. The number of benzene rings is 4. The average Bonchev–Trinajstić information content (AvgIpc) is 3.77. The van der Waals surface area contributed by atoms with Crippen LogP contribution in [0.4, 0.5) is 52.7 Å². The third-order valence-corrected chi connectivity index (χ3v) is 64.4. The molecule has 0 saturated carbocycles. The zero-order valence-electron chi connectivity index (χ0n) is 35.0. The molecule has 0 spiro atoms. The molecule has 6 rings (SSSR count). The summed E-state index contributed by atoms with van der Waals surface area (Å²) in [4.78, 5) is 0.